The molecule has 1 aromatic carbocycles. The summed E-state index contributed by atoms with van der Waals surface area (Å²) in [6, 6.07) is 10.1. The monoisotopic (exact) mass is 298 g/mol. The number of hydrogen-bond donors (Lipinski definition) is 0. The van der Waals surface area contributed by atoms with Crippen molar-refractivity contribution in [1.29, 1.82) is 0 Å². The number of thiophene rings is 1. The molecule has 21 heavy (non-hydrogen) atoms. The lowest BCUT2D eigenvalue weighted by Crippen LogP contribution is -2.51. The fourth-order valence-corrected chi connectivity index (χ4v) is 3.72. The number of rotatable bonds is 3. The third-order valence-electron chi connectivity index (χ3n) is 3.79. The molecule has 1 amide bonds. The minimum Gasteiger partial charge on any atom is -0.337 e. The summed E-state index contributed by atoms with van der Waals surface area (Å²) in [5, 5.41) is 5.24. The van der Waals surface area contributed by atoms with Crippen molar-refractivity contribution in [3.63, 3.8) is 0 Å². The molecule has 0 radical (unpaired) electrons. The lowest BCUT2D eigenvalue weighted by molar-refractivity contribution is 0.0466. The molecule has 0 aliphatic carbocycles. The van der Waals surface area contributed by atoms with Gasteiger partial charge in [0.25, 0.3) is 5.91 Å². The Bertz CT molecular complexity index is 741. The van der Waals surface area contributed by atoms with E-state index in [0.29, 0.717) is 5.92 Å². The summed E-state index contributed by atoms with van der Waals surface area (Å²) in [7, 11) is 0. The molecule has 0 spiro atoms. The molecule has 1 fully saturated rings. The highest BCUT2D eigenvalue weighted by atomic mass is 32.1. The third-order valence-corrected chi connectivity index (χ3v) is 4.90. The molecule has 3 heterocycles. The van der Waals surface area contributed by atoms with Crippen molar-refractivity contribution < 1.29 is 4.79 Å². The molecule has 1 saturated heterocycles. The van der Waals surface area contributed by atoms with E-state index in [2.05, 4.69) is 16.1 Å². The van der Waals surface area contributed by atoms with E-state index in [0.717, 1.165) is 29.9 Å². The van der Waals surface area contributed by atoms with Gasteiger partial charge < -0.3 is 4.90 Å². The first-order valence-corrected chi connectivity index (χ1v) is 7.71. The average molecular weight is 298 g/mol. The van der Waals surface area contributed by atoms with Gasteiger partial charge in [0.2, 0.25) is 0 Å². The van der Waals surface area contributed by atoms with Crippen LogP contribution in [0.5, 0.6) is 0 Å². The third kappa shape index (κ3) is 2.31. The SMILES string of the molecule is O=C(c1cc2ccccc2s1)N1CC(Cn2cncn2)C1. The quantitative estimate of drug-likeness (QED) is 0.745. The van der Waals surface area contributed by atoms with E-state index in [1.165, 1.54) is 4.70 Å². The van der Waals surface area contributed by atoms with Gasteiger partial charge in [-0.1, -0.05) is 18.2 Å². The summed E-state index contributed by atoms with van der Waals surface area (Å²) in [5.74, 6) is 0.621. The van der Waals surface area contributed by atoms with Crippen LogP contribution in [0.2, 0.25) is 0 Å². The zero-order valence-corrected chi connectivity index (χ0v) is 12.2. The van der Waals surface area contributed by atoms with Crippen LogP contribution in [0.3, 0.4) is 0 Å². The van der Waals surface area contributed by atoms with Crippen LogP contribution in [0.1, 0.15) is 9.67 Å². The predicted octanol–water partition coefficient (Wildman–Crippen LogP) is 2.26. The van der Waals surface area contributed by atoms with Gasteiger partial charge in [0, 0.05) is 30.3 Å². The van der Waals surface area contributed by atoms with E-state index >= 15 is 0 Å². The average Bonchev–Trinajstić information content (AvgIpc) is 3.10. The molecule has 0 saturated carbocycles. The lowest BCUT2D eigenvalue weighted by Gasteiger charge is -2.38. The van der Waals surface area contributed by atoms with Gasteiger partial charge in [0.05, 0.1) is 4.88 Å². The zero-order chi connectivity index (χ0) is 14.2. The number of carbonyl (C=O) groups excluding carboxylic acids is 1. The smallest absolute Gasteiger partial charge is 0.263 e. The molecule has 0 unspecified atom stereocenters. The Kier molecular flexibility index (Phi) is 2.96. The summed E-state index contributed by atoms with van der Waals surface area (Å²) in [4.78, 5) is 19.1. The van der Waals surface area contributed by atoms with Crippen LogP contribution in [0, 0.1) is 5.92 Å². The number of aromatic nitrogens is 3. The van der Waals surface area contributed by atoms with Crippen molar-refractivity contribution in [2.75, 3.05) is 13.1 Å². The van der Waals surface area contributed by atoms with Crippen molar-refractivity contribution >= 4 is 27.3 Å². The van der Waals surface area contributed by atoms with Crippen molar-refractivity contribution in [3.8, 4) is 0 Å². The summed E-state index contributed by atoms with van der Waals surface area (Å²) in [6.45, 7) is 2.43. The molecular formula is C15H14N4OS. The van der Waals surface area contributed by atoms with Gasteiger partial charge in [-0.2, -0.15) is 5.10 Å². The Labute approximate surface area is 125 Å². The minimum atomic E-state index is 0.144. The number of hydrogen-bond acceptors (Lipinski definition) is 4. The van der Waals surface area contributed by atoms with E-state index in [-0.39, 0.29) is 5.91 Å². The van der Waals surface area contributed by atoms with Crippen LogP contribution in [0.15, 0.2) is 43.0 Å². The molecular weight excluding hydrogens is 284 g/mol. The standard InChI is InChI=1S/C15H14N4OS/c20-15(14-5-12-3-1-2-4-13(12)21-14)18-6-11(7-18)8-19-10-16-9-17-19/h1-5,9-11H,6-8H2. The maximum absolute atomic E-state index is 12.4. The number of benzene rings is 1. The lowest BCUT2D eigenvalue weighted by atomic mass is 10.00. The molecule has 5 nitrogen and oxygen atoms in total. The minimum absolute atomic E-state index is 0.144. The molecule has 2 aromatic heterocycles. The Balaban J connectivity index is 1.42. The normalized spacial score (nSPS) is 15.3. The number of likely N-dealkylation sites (tertiary alicyclic amines) is 1. The van der Waals surface area contributed by atoms with Gasteiger partial charge in [-0.25, -0.2) is 4.98 Å². The van der Waals surface area contributed by atoms with Crippen LogP contribution < -0.4 is 0 Å². The molecule has 0 N–H and O–H groups in total. The van der Waals surface area contributed by atoms with Crippen molar-refractivity contribution in [1.82, 2.24) is 19.7 Å². The maximum Gasteiger partial charge on any atom is 0.263 e. The first-order chi connectivity index (χ1) is 10.3. The van der Waals surface area contributed by atoms with Gasteiger partial charge in [0.15, 0.2) is 0 Å². The molecule has 0 bridgehead atoms. The summed E-state index contributed by atoms with van der Waals surface area (Å²) < 4.78 is 2.99. The molecule has 106 valence electrons. The maximum atomic E-state index is 12.4. The van der Waals surface area contributed by atoms with Gasteiger partial charge in [-0.15, -0.1) is 11.3 Å². The highest BCUT2D eigenvalue weighted by molar-refractivity contribution is 7.20. The second-order valence-corrected chi connectivity index (χ2v) is 6.43. The Morgan fingerprint density at radius 2 is 2.19 bits per heavy atom. The number of fused-ring (bicyclic) bond motifs is 1. The predicted molar refractivity (Wildman–Crippen MR) is 81.2 cm³/mol. The van der Waals surface area contributed by atoms with Crippen molar-refractivity contribution in [2.24, 2.45) is 5.92 Å². The summed E-state index contributed by atoms with van der Waals surface area (Å²) >= 11 is 1.57. The second kappa shape index (κ2) is 4.96. The number of nitrogens with zero attached hydrogens (tertiary/aromatic N) is 4. The van der Waals surface area contributed by atoms with E-state index in [9.17, 15) is 4.79 Å². The molecule has 0 atom stereocenters. The van der Waals surface area contributed by atoms with Crippen molar-refractivity contribution in [2.45, 2.75) is 6.54 Å². The Morgan fingerprint density at radius 3 is 2.95 bits per heavy atom. The van der Waals surface area contributed by atoms with Crippen LogP contribution in [-0.2, 0) is 6.54 Å². The van der Waals surface area contributed by atoms with Crippen LogP contribution in [0.4, 0.5) is 0 Å². The van der Waals surface area contributed by atoms with Gasteiger partial charge in [-0.3, -0.25) is 9.48 Å². The molecule has 3 aromatic rings. The second-order valence-electron chi connectivity index (χ2n) is 5.34. The van der Waals surface area contributed by atoms with Gasteiger partial charge in [0.1, 0.15) is 12.7 Å². The van der Waals surface area contributed by atoms with E-state index < -0.39 is 0 Å². The van der Waals surface area contributed by atoms with E-state index in [4.69, 9.17) is 0 Å². The number of carbonyl (C=O) groups is 1. The Hall–Kier alpha value is -2.21. The fraction of sp³-hybridized carbons (Fsp3) is 0.267. The highest BCUT2D eigenvalue weighted by Crippen LogP contribution is 2.28. The molecule has 4 rings (SSSR count). The first kappa shape index (κ1) is 12.5. The zero-order valence-electron chi connectivity index (χ0n) is 11.3. The number of amides is 1. The fourth-order valence-electron chi connectivity index (χ4n) is 2.69. The largest absolute Gasteiger partial charge is 0.337 e. The van der Waals surface area contributed by atoms with E-state index in [1.54, 1.807) is 24.0 Å². The Morgan fingerprint density at radius 1 is 1.33 bits per heavy atom. The van der Waals surface area contributed by atoms with Crippen molar-refractivity contribution in [3.05, 3.63) is 47.9 Å². The van der Waals surface area contributed by atoms with Gasteiger partial charge >= 0.3 is 0 Å². The highest BCUT2D eigenvalue weighted by Gasteiger charge is 2.32. The van der Waals surface area contributed by atoms with Crippen LogP contribution in [-0.4, -0.2) is 38.7 Å². The molecule has 1 aliphatic rings. The topological polar surface area (TPSA) is 51.0 Å². The summed E-state index contributed by atoms with van der Waals surface area (Å²) in [6.07, 6.45) is 3.26. The molecule has 1 aliphatic heterocycles. The van der Waals surface area contributed by atoms with Crippen LogP contribution >= 0.6 is 11.3 Å². The summed E-state index contributed by atoms with van der Waals surface area (Å²) in [5.41, 5.74) is 0. The van der Waals surface area contributed by atoms with E-state index in [1.807, 2.05) is 33.8 Å². The molecule has 6 heteroatoms. The first-order valence-electron chi connectivity index (χ1n) is 6.90. The van der Waals surface area contributed by atoms with Gasteiger partial charge in [-0.05, 0) is 17.5 Å². The van der Waals surface area contributed by atoms with Crippen LogP contribution in [0.25, 0.3) is 10.1 Å².